The van der Waals surface area contributed by atoms with E-state index < -0.39 is 11.9 Å². The lowest BCUT2D eigenvalue weighted by Crippen LogP contribution is -2.04. The van der Waals surface area contributed by atoms with Crippen molar-refractivity contribution < 1.29 is 19.0 Å². The minimum atomic E-state index is -1.09. The van der Waals surface area contributed by atoms with Crippen molar-refractivity contribution in [1.82, 2.24) is 0 Å². The predicted octanol–water partition coefficient (Wildman–Crippen LogP) is 3.69. The van der Waals surface area contributed by atoms with E-state index in [9.17, 15) is 9.50 Å². The Morgan fingerprint density at radius 3 is 2.40 bits per heavy atom. The molecule has 3 nitrogen and oxygen atoms in total. The average Bonchev–Trinajstić information content (AvgIpc) is 2.46. The first-order valence-electron chi connectivity index (χ1n) is 5.92. The number of rotatable bonds is 4. The highest BCUT2D eigenvalue weighted by molar-refractivity contribution is 9.10. The summed E-state index contributed by atoms with van der Waals surface area (Å²) >= 11 is 3.25. The molecule has 1 N–H and O–H groups in total. The van der Waals surface area contributed by atoms with E-state index in [0.29, 0.717) is 21.5 Å². The normalized spacial score (nSPS) is 12.1. The molecule has 5 heteroatoms. The third-order valence-electron chi connectivity index (χ3n) is 3.00. The lowest BCUT2D eigenvalue weighted by atomic mass is 10.0. The highest BCUT2D eigenvalue weighted by atomic mass is 79.9. The number of ether oxygens (including phenoxy) is 2. The van der Waals surface area contributed by atoms with Crippen LogP contribution < -0.4 is 9.47 Å². The van der Waals surface area contributed by atoms with Crippen molar-refractivity contribution in [2.24, 2.45) is 0 Å². The van der Waals surface area contributed by atoms with E-state index in [2.05, 4.69) is 15.9 Å². The van der Waals surface area contributed by atoms with E-state index in [0.717, 1.165) is 0 Å². The lowest BCUT2D eigenvalue weighted by Gasteiger charge is -2.16. The Bertz CT molecular complexity index is 596. The molecule has 0 aliphatic rings. The van der Waals surface area contributed by atoms with Gasteiger partial charge in [0.2, 0.25) is 0 Å². The third-order valence-corrected chi connectivity index (χ3v) is 3.69. The fourth-order valence-corrected chi connectivity index (χ4v) is 2.52. The summed E-state index contributed by atoms with van der Waals surface area (Å²) in [6.45, 7) is 0. The average molecular weight is 341 g/mol. The van der Waals surface area contributed by atoms with Gasteiger partial charge >= 0.3 is 0 Å². The summed E-state index contributed by atoms with van der Waals surface area (Å²) < 4.78 is 24.7. The van der Waals surface area contributed by atoms with Crippen molar-refractivity contribution >= 4 is 15.9 Å². The van der Waals surface area contributed by atoms with E-state index in [4.69, 9.17) is 9.47 Å². The van der Waals surface area contributed by atoms with Crippen LogP contribution in [0.1, 0.15) is 17.2 Å². The summed E-state index contributed by atoms with van der Waals surface area (Å²) in [5.74, 6) is 0.564. The fraction of sp³-hybridized carbons (Fsp3) is 0.200. The van der Waals surface area contributed by atoms with Crippen molar-refractivity contribution in [1.29, 1.82) is 0 Å². The Hall–Kier alpha value is -1.59. The van der Waals surface area contributed by atoms with E-state index in [1.165, 1.54) is 20.3 Å². The molecule has 0 radical (unpaired) electrons. The molecule has 0 spiro atoms. The molecular formula is C15H14BrFO3. The van der Waals surface area contributed by atoms with Gasteiger partial charge in [0.1, 0.15) is 11.9 Å². The molecule has 0 aliphatic carbocycles. The number of hydrogen-bond donors (Lipinski definition) is 1. The van der Waals surface area contributed by atoms with E-state index in [1.54, 1.807) is 30.3 Å². The standard InChI is InChI=1S/C15H14BrFO3/c1-19-12-7-6-9(8-13(12)20-2)15(18)14-10(16)4-3-5-11(14)17/h3-8,15,18H,1-2H3. The van der Waals surface area contributed by atoms with Gasteiger partial charge in [0.15, 0.2) is 11.5 Å². The van der Waals surface area contributed by atoms with Crippen molar-refractivity contribution in [2.45, 2.75) is 6.10 Å². The number of aliphatic hydroxyl groups is 1. The molecule has 0 aromatic heterocycles. The Labute approximate surface area is 125 Å². The molecule has 0 aliphatic heterocycles. The molecule has 0 saturated heterocycles. The van der Waals surface area contributed by atoms with Crippen LogP contribution in [0.2, 0.25) is 0 Å². The predicted molar refractivity (Wildman–Crippen MR) is 77.7 cm³/mol. The molecule has 2 aromatic carbocycles. The summed E-state index contributed by atoms with van der Waals surface area (Å²) in [4.78, 5) is 0. The van der Waals surface area contributed by atoms with Gasteiger partial charge in [0, 0.05) is 10.0 Å². The molecule has 1 atom stereocenters. The minimum Gasteiger partial charge on any atom is -0.493 e. The Balaban J connectivity index is 2.46. The smallest absolute Gasteiger partial charge is 0.161 e. The third kappa shape index (κ3) is 2.78. The number of halogens is 2. The van der Waals surface area contributed by atoms with E-state index in [1.807, 2.05) is 0 Å². The molecule has 0 amide bonds. The number of hydrogen-bond acceptors (Lipinski definition) is 3. The van der Waals surface area contributed by atoms with Crippen molar-refractivity contribution in [3.05, 3.63) is 57.8 Å². The monoisotopic (exact) mass is 340 g/mol. The van der Waals surface area contributed by atoms with E-state index in [-0.39, 0.29) is 5.56 Å². The largest absolute Gasteiger partial charge is 0.493 e. The topological polar surface area (TPSA) is 38.7 Å². The van der Waals surface area contributed by atoms with Crippen molar-refractivity contribution in [3.63, 3.8) is 0 Å². The second-order valence-corrected chi connectivity index (χ2v) is 5.01. The zero-order valence-corrected chi connectivity index (χ0v) is 12.6. The van der Waals surface area contributed by atoms with Gasteiger partial charge in [-0.3, -0.25) is 0 Å². The first kappa shape index (κ1) is 14.8. The van der Waals surface area contributed by atoms with Gasteiger partial charge in [0.25, 0.3) is 0 Å². The van der Waals surface area contributed by atoms with Gasteiger partial charge in [-0.1, -0.05) is 28.1 Å². The van der Waals surface area contributed by atoms with E-state index >= 15 is 0 Å². The van der Waals surface area contributed by atoms with Crippen LogP contribution in [0.15, 0.2) is 40.9 Å². The minimum absolute atomic E-state index is 0.194. The second-order valence-electron chi connectivity index (χ2n) is 4.15. The maximum atomic E-state index is 13.9. The van der Waals surface area contributed by atoms with Crippen LogP contribution in [-0.4, -0.2) is 19.3 Å². The molecule has 0 fully saturated rings. The SMILES string of the molecule is COc1ccc(C(O)c2c(F)cccc2Br)cc1OC. The maximum absolute atomic E-state index is 13.9. The summed E-state index contributed by atoms with van der Waals surface area (Å²) in [5, 5.41) is 10.4. The zero-order chi connectivity index (χ0) is 14.7. The highest BCUT2D eigenvalue weighted by Crippen LogP contribution is 2.35. The fourth-order valence-electron chi connectivity index (χ4n) is 1.96. The Morgan fingerprint density at radius 2 is 1.80 bits per heavy atom. The molecule has 106 valence electrons. The second kappa shape index (κ2) is 6.24. The maximum Gasteiger partial charge on any atom is 0.161 e. The highest BCUT2D eigenvalue weighted by Gasteiger charge is 2.19. The quantitative estimate of drug-likeness (QED) is 0.922. The lowest BCUT2D eigenvalue weighted by molar-refractivity contribution is 0.213. The zero-order valence-electron chi connectivity index (χ0n) is 11.1. The molecule has 20 heavy (non-hydrogen) atoms. The Morgan fingerprint density at radius 1 is 1.10 bits per heavy atom. The molecule has 0 saturated carbocycles. The molecule has 2 aromatic rings. The van der Waals surface area contributed by atoms with Crippen LogP contribution in [0.4, 0.5) is 4.39 Å². The number of aliphatic hydroxyl groups excluding tert-OH is 1. The van der Waals surface area contributed by atoms with Gasteiger partial charge in [-0.05, 0) is 29.8 Å². The summed E-state index contributed by atoms with van der Waals surface area (Å²) in [5.41, 5.74) is 0.716. The van der Waals surface area contributed by atoms with Gasteiger partial charge < -0.3 is 14.6 Å². The molecule has 0 heterocycles. The molecular weight excluding hydrogens is 327 g/mol. The van der Waals surface area contributed by atoms with Gasteiger partial charge in [-0.2, -0.15) is 0 Å². The summed E-state index contributed by atoms with van der Waals surface area (Å²) in [7, 11) is 3.04. The van der Waals surface area contributed by atoms with Crippen LogP contribution in [0.5, 0.6) is 11.5 Å². The van der Waals surface area contributed by atoms with Crippen LogP contribution in [0.25, 0.3) is 0 Å². The molecule has 2 rings (SSSR count). The van der Waals surface area contributed by atoms with Crippen LogP contribution in [0, 0.1) is 5.82 Å². The number of benzene rings is 2. The van der Waals surface area contributed by atoms with Crippen LogP contribution in [0.3, 0.4) is 0 Å². The Kier molecular flexibility index (Phi) is 4.62. The first-order chi connectivity index (χ1) is 9.58. The first-order valence-corrected chi connectivity index (χ1v) is 6.71. The molecule has 0 bridgehead atoms. The van der Waals surface area contributed by atoms with Gasteiger partial charge in [-0.15, -0.1) is 0 Å². The number of methoxy groups -OCH3 is 2. The van der Waals surface area contributed by atoms with Gasteiger partial charge in [-0.25, -0.2) is 4.39 Å². The molecule has 1 unspecified atom stereocenters. The van der Waals surface area contributed by atoms with Crippen molar-refractivity contribution in [3.8, 4) is 11.5 Å². The summed E-state index contributed by atoms with van der Waals surface area (Å²) in [6.07, 6.45) is -1.09. The van der Waals surface area contributed by atoms with Crippen LogP contribution in [-0.2, 0) is 0 Å². The van der Waals surface area contributed by atoms with Crippen molar-refractivity contribution in [2.75, 3.05) is 14.2 Å². The van der Waals surface area contributed by atoms with Crippen LogP contribution >= 0.6 is 15.9 Å². The van der Waals surface area contributed by atoms with Gasteiger partial charge in [0.05, 0.1) is 14.2 Å². The summed E-state index contributed by atoms with van der Waals surface area (Å²) in [6, 6.07) is 9.54.